The topological polar surface area (TPSA) is 38.5 Å². The van der Waals surface area contributed by atoms with Gasteiger partial charge in [-0.25, -0.2) is 4.39 Å². The predicted molar refractivity (Wildman–Crippen MR) is 84.1 cm³/mol. The van der Waals surface area contributed by atoms with Gasteiger partial charge in [-0.1, -0.05) is 18.2 Å². The third-order valence-corrected chi connectivity index (χ3v) is 3.48. The number of nitrogens with zero attached hydrogens (tertiary/aromatic N) is 1. The number of nitrogens with two attached hydrogens (primary N) is 1. The van der Waals surface area contributed by atoms with Crippen molar-refractivity contribution in [3.8, 4) is 5.75 Å². The second kappa shape index (κ2) is 6.59. The van der Waals surface area contributed by atoms with Crippen molar-refractivity contribution >= 4 is 5.69 Å². The number of hydrogen-bond donors (Lipinski definition) is 1. The molecule has 2 aromatic rings. The molecule has 0 spiro atoms. The number of benzene rings is 2. The lowest BCUT2D eigenvalue weighted by Gasteiger charge is -2.24. The minimum atomic E-state index is -0.348. The van der Waals surface area contributed by atoms with Crippen molar-refractivity contribution in [1.29, 1.82) is 0 Å². The zero-order chi connectivity index (χ0) is 15.4. The van der Waals surface area contributed by atoms with Crippen LogP contribution < -0.4 is 15.4 Å². The van der Waals surface area contributed by atoms with Gasteiger partial charge in [0.05, 0.1) is 7.11 Å². The van der Waals surface area contributed by atoms with Gasteiger partial charge in [-0.2, -0.15) is 0 Å². The molecular weight excluding hydrogens is 267 g/mol. The van der Waals surface area contributed by atoms with Gasteiger partial charge < -0.3 is 15.4 Å². The lowest BCUT2D eigenvalue weighted by Crippen LogP contribution is -2.21. The second-order valence-corrected chi connectivity index (χ2v) is 5.17. The molecule has 0 aliphatic heterocycles. The average Bonchev–Trinajstić information content (AvgIpc) is 2.47. The van der Waals surface area contributed by atoms with Crippen molar-refractivity contribution in [3.63, 3.8) is 0 Å². The number of anilines is 1. The maximum Gasteiger partial charge on any atom is 0.130 e. The maximum absolute atomic E-state index is 14.0. The lowest BCUT2D eigenvalue weighted by molar-refractivity contribution is 0.414. The van der Waals surface area contributed by atoms with Crippen LogP contribution >= 0.6 is 0 Å². The van der Waals surface area contributed by atoms with Crippen molar-refractivity contribution in [2.24, 2.45) is 5.73 Å². The van der Waals surface area contributed by atoms with E-state index in [1.807, 2.05) is 42.3 Å². The normalized spacial score (nSPS) is 12.0. The molecule has 0 aromatic heterocycles. The van der Waals surface area contributed by atoms with Crippen LogP contribution in [0, 0.1) is 5.82 Å². The first-order chi connectivity index (χ1) is 10.0. The number of rotatable bonds is 5. The van der Waals surface area contributed by atoms with E-state index in [0.29, 0.717) is 12.1 Å². The SMILES string of the molecule is COc1ccc(CN(C)c2cccc(F)c2C(C)N)cc1. The molecule has 0 radical (unpaired) electrons. The van der Waals surface area contributed by atoms with Crippen LogP contribution in [0.15, 0.2) is 42.5 Å². The van der Waals surface area contributed by atoms with E-state index in [1.165, 1.54) is 6.07 Å². The summed E-state index contributed by atoms with van der Waals surface area (Å²) < 4.78 is 19.1. The largest absolute Gasteiger partial charge is 0.497 e. The summed E-state index contributed by atoms with van der Waals surface area (Å²) in [5.41, 5.74) is 8.39. The Bertz CT molecular complexity index is 596. The molecule has 2 N–H and O–H groups in total. The van der Waals surface area contributed by atoms with E-state index in [-0.39, 0.29) is 11.9 Å². The Balaban J connectivity index is 2.23. The highest BCUT2D eigenvalue weighted by molar-refractivity contribution is 5.55. The summed E-state index contributed by atoms with van der Waals surface area (Å²) in [7, 11) is 3.58. The molecule has 2 rings (SSSR count). The molecule has 4 heteroatoms. The standard InChI is InChI=1S/C17H21FN2O/c1-12(19)17-15(18)5-4-6-16(17)20(2)11-13-7-9-14(21-3)10-8-13/h4-10,12H,11,19H2,1-3H3. The summed E-state index contributed by atoms with van der Waals surface area (Å²) in [6, 6.07) is 12.5. The number of methoxy groups -OCH3 is 1. The van der Waals surface area contributed by atoms with Crippen LogP contribution in [0.1, 0.15) is 24.1 Å². The number of hydrogen-bond acceptors (Lipinski definition) is 3. The minimum Gasteiger partial charge on any atom is -0.497 e. The zero-order valence-electron chi connectivity index (χ0n) is 12.6. The van der Waals surface area contributed by atoms with Gasteiger partial charge in [0, 0.05) is 30.9 Å². The van der Waals surface area contributed by atoms with E-state index < -0.39 is 0 Å². The Kier molecular flexibility index (Phi) is 4.81. The number of halogens is 1. The van der Waals surface area contributed by atoms with E-state index in [1.54, 1.807) is 20.1 Å². The lowest BCUT2D eigenvalue weighted by atomic mass is 10.0. The average molecular weight is 288 g/mol. The van der Waals surface area contributed by atoms with E-state index >= 15 is 0 Å². The molecule has 0 amide bonds. The molecule has 1 atom stereocenters. The highest BCUT2D eigenvalue weighted by atomic mass is 19.1. The van der Waals surface area contributed by atoms with Crippen molar-refractivity contribution < 1.29 is 9.13 Å². The molecule has 0 bridgehead atoms. The summed E-state index contributed by atoms with van der Waals surface area (Å²) in [5.74, 6) is 0.563. The fourth-order valence-corrected chi connectivity index (χ4v) is 2.40. The van der Waals surface area contributed by atoms with Crippen molar-refractivity contribution in [2.45, 2.75) is 19.5 Å². The van der Waals surface area contributed by atoms with Crippen molar-refractivity contribution in [1.82, 2.24) is 0 Å². The molecule has 0 heterocycles. The van der Waals surface area contributed by atoms with Crippen LogP contribution in [0.25, 0.3) is 0 Å². The van der Waals surface area contributed by atoms with Crippen LogP contribution in [-0.2, 0) is 6.54 Å². The van der Waals surface area contributed by atoms with Gasteiger partial charge in [0.25, 0.3) is 0 Å². The highest BCUT2D eigenvalue weighted by Crippen LogP contribution is 2.28. The first kappa shape index (κ1) is 15.3. The molecule has 2 aromatic carbocycles. The zero-order valence-corrected chi connectivity index (χ0v) is 12.6. The molecule has 1 unspecified atom stereocenters. The molecular formula is C17H21FN2O. The minimum absolute atomic E-state index is 0.260. The summed E-state index contributed by atoms with van der Waals surface area (Å²) in [4.78, 5) is 2.00. The Labute approximate surface area is 125 Å². The summed E-state index contributed by atoms with van der Waals surface area (Å²) in [6.45, 7) is 2.47. The van der Waals surface area contributed by atoms with Crippen molar-refractivity contribution in [2.75, 3.05) is 19.1 Å². The van der Waals surface area contributed by atoms with Crippen LogP contribution in [0.2, 0.25) is 0 Å². The molecule has 0 saturated heterocycles. The maximum atomic E-state index is 14.0. The van der Waals surface area contributed by atoms with Gasteiger partial charge in [0.2, 0.25) is 0 Å². The van der Waals surface area contributed by atoms with E-state index in [0.717, 1.165) is 17.0 Å². The van der Waals surface area contributed by atoms with E-state index in [2.05, 4.69) is 0 Å². The highest BCUT2D eigenvalue weighted by Gasteiger charge is 2.15. The van der Waals surface area contributed by atoms with E-state index in [4.69, 9.17) is 10.5 Å². The predicted octanol–water partition coefficient (Wildman–Crippen LogP) is 3.49. The second-order valence-electron chi connectivity index (χ2n) is 5.17. The van der Waals surface area contributed by atoms with Gasteiger partial charge in [-0.05, 0) is 36.8 Å². The van der Waals surface area contributed by atoms with E-state index in [9.17, 15) is 4.39 Å². The Morgan fingerprint density at radius 2 is 1.86 bits per heavy atom. The van der Waals surface area contributed by atoms with Gasteiger partial charge >= 0.3 is 0 Å². The third kappa shape index (κ3) is 3.52. The summed E-state index contributed by atoms with van der Waals surface area (Å²) in [5, 5.41) is 0. The van der Waals surface area contributed by atoms with Gasteiger partial charge in [0.15, 0.2) is 0 Å². The Hall–Kier alpha value is -2.07. The molecule has 21 heavy (non-hydrogen) atoms. The molecule has 0 saturated carbocycles. The van der Waals surface area contributed by atoms with Gasteiger partial charge in [-0.3, -0.25) is 0 Å². The molecule has 0 aliphatic rings. The summed E-state index contributed by atoms with van der Waals surface area (Å²) in [6.07, 6.45) is 0. The Morgan fingerprint density at radius 1 is 1.19 bits per heavy atom. The van der Waals surface area contributed by atoms with Gasteiger partial charge in [-0.15, -0.1) is 0 Å². The summed E-state index contributed by atoms with van der Waals surface area (Å²) >= 11 is 0. The first-order valence-corrected chi connectivity index (χ1v) is 6.91. The molecule has 3 nitrogen and oxygen atoms in total. The number of ether oxygens (including phenoxy) is 1. The van der Waals surface area contributed by atoms with Crippen LogP contribution in [0.4, 0.5) is 10.1 Å². The van der Waals surface area contributed by atoms with Crippen LogP contribution in [-0.4, -0.2) is 14.2 Å². The monoisotopic (exact) mass is 288 g/mol. The Morgan fingerprint density at radius 3 is 2.43 bits per heavy atom. The first-order valence-electron chi connectivity index (χ1n) is 6.91. The van der Waals surface area contributed by atoms with Crippen LogP contribution in [0.5, 0.6) is 5.75 Å². The van der Waals surface area contributed by atoms with Crippen LogP contribution in [0.3, 0.4) is 0 Å². The quantitative estimate of drug-likeness (QED) is 0.915. The molecule has 112 valence electrons. The smallest absolute Gasteiger partial charge is 0.130 e. The third-order valence-electron chi connectivity index (χ3n) is 3.48. The van der Waals surface area contributed by atoms with Crippen molar-refractivity contribution in [3.05, 3.63) is 59.4 Å². The molecule has 0 aliphatic carbocycles. The van der Waals surface area contributed by atoms with Gasteiger partial charge in [0.1, 0.15) is 11.6 Å². The fourth-order valence-electron chi connectivity index (χ4n) is 2.40. The fraction of sp³-hybridized carbons (Fsp3) is 0.294. The molecule has 0 fully saturated rings.